The maximum atomic E-state index is 11.0. The quantitative estimate of drug-likeness (QED) is 0.847. The first-order valence-electron chi connectivity index (χ1n) is 8.03. The number of hydrogen-bond acceptors (Lipinski definition) is 1. The molecule has 104 valence electrons. The Morgan fingerprint density at radius 2 is 1.84 bits per heavy atom. The third-order valence-corrected chi connectivity index (χ3v) is 5.08. The minimum absolute atomic E-state index is 0.545. The molecule has 1 heteroatoms. The van der Waals surface area contributed by atoms with Gasteiger partial charge in [0.15, 0.2) is 0 Å². The van der Waals surface area contributed by atoms with Crippen molar-refractivity contribution in [1.82, 2.24) is 0 Å². The molecule has 2 fully saturated rings. The van der Waals surface area contributed by atoms with Crippen LogP contribution in [0.5, 0.6) is 0 Å². The molecular weight excluding hydrogens is 232 g/mol. The van der Waals surface area contributed by atoms with Crippen LogP contribution in [0.2, 0.25) is 0 Å². The molecule has 1 N–H and O–H groups in total. The van der Waals surface area contributed by atoms with Crippen molar-refractivity contribution < 1.29 is 5.11 Å². The van der Waals surface area contributed by atoms with Crippen LogP contribution in [0.1, 0.15) is 63.0 Å². The van der Waals surface area contributed by atoms with Gasteiger partial charge in [-0.05, 0) is 67.9 Å². The monoisotopic (exact) mass is 258 g/mol. The molecule has 1 nitrogen and oxygen atoms in total. The fraction of sp³-hybridized carbons (Fsp3) is 0.667. The number of rotatable bonds is 4. The molecule has 0 heterocycles. The van der Waals surface area contributed by atoms with Gasteiger partial charge in [-0.1, -0.05) is 37.6 Å². The van der Waals surface area contributed by atoms with E-state index in [0.29, 0.717) is 0 Å². The first-order chi connectivity index (χ1) is 9.21. The number of aryl methyl sites for hydroxylation is 1. The van der Waals surface area contributed by atoms with Gasteiger partial charge in [-0.3, -0.25) is 0 Å². The second-order valence-corrected chi connectivity index (χ2v) is 6.67. The Labute approximate surface area is 117 Å². The molecule has 1 aromatic rings. The van der Waals surface area contributed by atoms with Gasteiger partial charge in [-0.15, -0.1) is 0 Å². The normalized spacial score (nSPS) is 31.4. The second kappa shape index (κ2) is 5.28. The van der Waals surface area contributed by atoms with E-state index < -0.39 is 5.60 Å². The smallest absolute Gasteiger partial charge is 0.0899 e. The third-order valence-electron chi connectivity index (χ3n) is 5.08. The van der Waals surface area contributed by atoms with Crippen LogP contribution in [-0.2, 0) is 12.0 Å². The van der Waals surface area contributed by atoms with Crippen LogP contribution in [-0.4, -0.2) is 5.11 Å². The van der Waals surface area contributed by atoms with Gasteiger partial charge in [0.25, 0.3) is 0 Å². The van der Waals surface area contributed by atoms with E-state index >= 15 is 0 Å². The van der Waals surface area contributed by atoms with Gasteiger partial charge in [-0.2, -0.15) is 0 Å². The summed E-state index contributed by atoms with van der Waals surface area (Å²) in [6, 6.07) is 8.75. The summed E-state index contributed by atoms with van der Waals surface area (Å²) in [6.07, 6.45) is 9.59. The summed E-state index contributed by atoms with van der Waals surface area (Å²) < 4.78 is 0. The number of hydrogen-bond donors (Lipinski definition) is 1. The summed E-state index contributed by atoms with van der Waals surface area (Å²) >= 11 is 0. The zero-order valence-corrected chi connectivity index (χ0v) is 12.1. The topological polar surface area (TPSA) is 20.2 Å². The van der Waals surface area contributed by atoms with Crippen molar-refractivity contribution in [3.63, 3.8) is 0 Å². The molecule has 0 radical (unpaired) electrons. The van der Waals surface area contributed by atoms with E-state index in [2.05, 4.69) is 31.2 Å². The van der Waals surface area contributed by atoms with Crippen molar-refractivity contribution in [2.45, 2.75) is 63.9 Å². The Hall–Kier alpha value is -0.820. The summed E-state index contributed by atoms with van der Waals surface area (Å²) in [4.78, 5) is 0. The average Bonchev–Trinajstić information content (AvgIpc) is 3.24. The van der Waals surface area contributed by atoms with Crippen LogP contribution in [0.25, 0.3) is 0 Å². The summed E-state index contributed by atoms with van der Waals surface area (Å²) in [5.74, 6) is 1.69. The summed E-state index contributed by atoms with van der Waals surface area (Å²) in [5, 5.41) is 11.0. The van der Waals surface area contributed by atoms with Crippen LogP contribution < -0.4 is 0 Å². The van der Waals surface area contributed by atoms with E-state index in [1.807, 2.05) is 0 Å². The minimum Gasteiger partial charge on any atom is -0.385 e. The zero-order chi connectivity index (χ0) is 13.3. The van der Waals surface area contributed by atoms with Crippen molar-refractivity contribution in [3.8, 4) is 0 Å². The van der Waals surface area contributed by atoms with Crippen LogP contribution >= 0.6 is 0 Å². The predicted octanol–water partition coefficient (Wildman–Crippen LogP) is 4.43. The lowest BCUT2D eigenvalue weighted by atomic mass is 9.72. The molecule has 0 bridgehead atoms. The Morgan fingerprint density at radius 1 is 1.11 bits per heavy atom. The lowest BCUT2D eigenvalue weighted by molar-refractivity contribution is -0.0251. The maximum absolute atomic E-state index is 11.0. The standard InChI is InChI=1S/C18H26O/c1-2-4-14-6-10-17(11-7-14)18(19)12-3-5-16(13-18)15-8-9-15/h6-7,10-11,15-16,19H,2-5,8-9,12-13H2,1H3. The molecule has 0 spiro atoms. The summed E-state index contributed by atoms with van der Waals surface area (Å²) in [7, 11) is 0. The second-order valence-electron chi connectivity index (χ2n) is 6.67. The molecule has 2 aliphatic carbocycles. The van der Waals surface area contributed by atoms with Gasteiger partial charge in [-0.25, -0.2) is 0 Å². The van der Waals surface area contributed by atoms with Crippen molar-refractivity contribution in [2.24, 2.45) is 11.8 Å². The van der Waals surface area contributed by atoms with Gasteiger partial charge < -0.3 is 5.11 Å². The molecule has 0 aromatic heterocycles. The highest BCUT2D eigenvalue weighted by Gasteiger charge is 2.41. The lowest BCUT2D eigenvalue weighted by Crippen LogP contribution is -2.33. The molecule has 19 heavy (non-hydrogen) atoms. The van der Waals surface area contributed by atoms with Gasteiger partial charge in [0.05, 0.1) is 5.60 Å². The van der Waals surface area contributed by atoms with Gasteiger partial charge in [0.2, 0.25) is 0 Å². The molecule has 1 aromatic carbocycles. The van der Waals surface area contributed by atoms with Gasteiger partial charge >= 0.3 is 0 Å². The van der Waals surface area contributed by atoms with Crippen LogP contribution in [0.15, 0.2) is 24.3 Å². The molecule has 2 unspecified atom stereocenters. The van der Waals surface area contributed by atoms with Crippen molar-refractivity contribution in [3.05, 3.63) is 35.4 Å². The Bertz CT molecular complexity index is 418. The van der Waals surface area contributed by atoms with Crippen molar-refractivity contribution in [2.75, 3.05) is 0 Å². The van der Waals surface area contributed by atoms with Crippen LogP contribution in [0.4, 0.5) is 0 Å². The summed E-state index contributed by atoms with van der Waals surface area (Å²) in [6.45, 7) is 2.21. The van der Waals surface area contributed by atoms with Gasteiger partial charge in [0, 0.05) is 0 Å². The lowest BCUT2D eigenvalue weighted by Gasteiger charge is -2.37. The van der Waals surface area contributed by atoms with E-state index in [-0.39, 0.29) is 0 Å². The zero-order valence-electron chi connectivity index (χ0n) is 12.1. The molecule has 2 atom stereocenters. The van der Waals surface area contributed by atoms with E-state index in [0.717, 1.165) is 36.7 Å². The highest BCUT2D eigenvalue weighted by molar-refractivity contribution is 5.28. The molecule has 2 saturated carbocycles. The predicted molar refractivity (Wildman–Crippen MR) is 79.0 cm³/mol. The maximum Gasteiger partial charge on any atom is 0.0899 e. The fourth-order valence-electron chi connectivity index (χ4n) is 3.80. The fourth-order valence-corrected chi connectivity index (χ4v) is 3.80. The van der Waals surface area contributed by atoms with Gasteiger partial charge in [0.1, 0.15) is 0 Å². The van der Waals surface area contributed by atoms with E-state index in [1.54, 1.807) is 0 Å². The van der Waals surface area contributed by atoms with Crippen molar-refractivity contribution in [1.29, 1.82) is 0 Å². The molecule has 0 aliphatic heterocycles. The summed E-state index contributed by atoms with van der Waals surface area (Å²) in [5.41, 5.74) is 2.00. The SMILES string of the molecule is CCCc1ccc(C2(O)CCCC(C3CC3)C2)cc1. The van der Waals surface area contributed by atoms with E-state index in [1.165, 1.54) is 37.7 Å². The first kappa shape index (κ1) is 13.2. The first-order valence-corrected chi connectivity index (χ1v) is 8.03. The Balaban J connectivity index is 1.74. The average molecular weight is 258 g/mol. The van der Waals surface area contributed by atoms with Crippen LogP contribution in [0.3, 0.4) is 0 Å². The van der Waals surface area contributed by atoms with Crippen molar-refractivity contribution >= 4 is 0 Å². The molecular formula is C18H26O. The number of benzene rings is 1. The minimum atomic E-state index is -0.545. The highest BCUT2D eigenvalue weighted by Crippen LogP contribution is 2.49. The molecule has 2 aliphatic rings. The largest absolute Gasteiger partial charge is 0.385 e. The molecule has 0 saturated heterocycles. The molecule has 0 amide bonds. The Morgan fingerprint density at radius 3 is 2.47 bits per heavy atom. The molecule has 3 rings (SSSR count). The number of aliphatic hydroxyl groups is 1. The Kier molecular flexibility index (Phi) is 3.66. The third kappa shape index (κ3) is 2.86. The highest BCUT2D eigenvalue weighted by atomic mass is 16.3. The van der Waals surface area contributed by atoms with Crippen LogP contribution in [0, 0.1) is 11.8 Å². The van der Waals surface area contributed by atoms with E-state index in [4.69, 9.17) is 0 Å². The van der Waals surface area contributed by atoms with E-state index in [9.17, 15) is 5.11 Å².